The average Bonchev–Trinajstić information content (AvgIpc) is 2.80. The van der Waals surface area contributed by atoms with Gasteiger partial charge in [0.1, 0.15) is 5.75 Å². The summed E-state index contributed by atoms with van der Waals surface area (Å²) in [5, 5.41) is 0. The molecule has 170 valence electrons. The van der Waals surface area contributed by atoms with Crippen molar-refractivity contribution in [2.45, 2.75) is 97.3 Å². The van der Waals surface area contributed by atoms with Crippen molar-refractivity contribution in [3.63, 3.8) is 0 Å². The van der Waals surface area contributed by atoms with Crippen LogP contribution in [0.4, 0.5) is 0 Å². The molecule has 0 saturated carbocycles. The van der Waals surface area contributed by atoms with Gasteiger partial charge in [-0.3, -0.25) is 0 Å². The molecule has 0 spiro atoms. The first-order valence-corrected chi connectivity index (χ1v) is 12.7. The van der Waals surface area contributed by atoms with E-state index < -0.39 is 0 Å². The molecule has 1 aliphatic carbocycles. The van der Waals surface area contributed by atoms with Crippen molar-refractivity contribution in [2.24, 2.45) is 0 Å². The van der Waals surface area contributed by atoms with Crippen LogP contribution in [-0.4, -0.2) is 18.2 Å². The highest BCUT2D eigenvalue weighted by atomic mass is 16.5. The molecule has 3 heteroatoms. The molecule has 0 atom stereocenters. The lowest BCUT2D eigenvalue weighted by Gasteiger charge is -2.20. The van der Waals surface area contributed by atoms with E-state index in [1.165, 1.54) is 74.5 Å². The topological polar surface area (TPSA) is 31.4 Å². The zero-order valence-electron chi connectivity index (χ0n) is 19.8. The van der Waals surface area contributed by atoms with Gasteiger partial charge in [-0.2, -0.15) is 0 Å². The van der Waals surface area contributed by atoms with Gasteiger partial charge in [-0.05, 0) is 55.0 Å². The number of unbranched alkanes of at least 4 members (excludes halogenated alkanes) is 9. The summed E-state index contributed by atoms with van der Waals surface area (Å²) in [4.78, 5) is 4.78. The van der Waals surface area contributed by atoms with Crippen molar-refractivity contribution < 1.29 is 9.47 Å². The number of hydrogen-bond donors (Lipinski definition) is 0. The summed E-state index contributed by atoms with van der Waals surface area (Å²) >= 11 is 0. The number of rotatable bonds is 15. The van der Waals surface area contributed by atoms with Gasteiger partial charge in [0.05, 0.1) is 18.9 Å². The van der Waals surface area contributed by atoms with Crippen LogP contribution in [0.3, 0.4) is 0 Å². The van der Waals surface area contributed by atoms with E-state index >= 15 is 0 Å². The number of aryl methyl sites for hydroxylation is 2. The lowest BCUT2D eigenvalue weighted by molar-refractivity contribution is 0.294. The largest absolute Gasteiger partial charge is 0.494 e. The summed E-state index contributed by atoms with van der Waals surface area (Å²) < 4.78 is 11.9. The highest BCUT2D eigenvalue weighted by molar-refractivity contribution is 5.73. The van der Waals surface area contributed by atoms with Crippen molar-refractivity contribution in [3.05, 3.63) is 41.6 Å². The van der Waals surface area contributed by atoms with E-state index in [0.29, 0.717) is 0 Å². The molecular weight excluding hydrogens is 382 g/mol. The first-order chi connectivity index (χ1) is 15.3. The lowest BCUT2D eigenvalue weighted by Crippen LogP contribution is -2.08. The smallest absolute Gasteiger partial charge is 0.213 e. The summed E-state index contributed by atoms with van der Waals surface area (Å²) in [5.41, 5.74) is 5.08. The molecule has 0 amide bonds. The molecule has 0 unspecified atom stereocenters. The van der Waals surface area contributed by atoms with Crippen LogP contribution in [0.1, 0.15) is 95.7 Å². The molecule has 2 aromatic rings. The quantitative estimate of drug-likeness (QED) is 0.272. The first kappa shape index (κ1) is 23.6. The number of fused-ring (bicyclic) bond motifs is 3. The molecule has 3 nitrogen and oxygen atoms in total. The predicted octanol–water partition coefficient (Wildman–Crippen LogP) is 7.94. The van der Waals surface area contributed by atoms with Crippen LogP contribution in [0.5, 0.6) is 11.6 Å². The van der Waals surface area contributed by atoms with Crippen molar-refractivity contribution in [3.8, 4) is 22.8 Å². The molecule has 0 fully saturated rings. The number of hydrogen-bond acceptors (Lipinski definition) is 3. The molecule has 3 rings (SSSR count). The molecule has 1 aliphatic rings. The van der Waals surface area contributed by atoms with Gasteiger partial charge in [-0.15, -0.1) is 0 Å². The number of nitrogens with zero attached hydrogens (tertiary/aromatic N) is 1. The molecule has 0 N–H and O–H groups in total. The van der Waals surface area contributed by atoms with Gasteiger partial charge in [-0.25, -0.2) is 4.98 Å². The fourth-order valence-corrected chi connectivity index (χ4v) is 4.33. The number of ether oxygens (including phenoxy) is 2. The zero-order valence-corrected chi connectivity index (χ0v) is 19.8. The van der Waals surface area contributed by atoms with Crippen LogP contribution in [0.2, 0.25) is 0 Å². The summed E-state index contributed by atoms with van der Waals surface area (Å²) in [5.74, 6) is 1.78. The van der Waals surface area contributed by atoms with E-state index in [1.54, 1.807) is 0 Å². The van der Waals surface area contributed by atoms with Gasteiger partial charge in [0, 0.05) is 11.6 Å². The van der Waals surface area contributed by atoms with Gasteiger partial charge in [0.2, 0.25) is 5.88 Å². The minimum atomic E-state index is 0.760. The summed E-state index contributed by atoms with van der Waals surface area (Å²) in [6.45, 7) is 6.07. The van der Waals surface area contributed by atoms with Crippen LogP contribution >= 0.6 is 0 Å². The monoisotopic (exact) mass is 423 g/mol. The summed E-state index contributed by atoms with van der Waals surface area (Å²) in [6.07, 6.45) is 16.1. The maximum absolute atomic E-state index is 6.05. The SMILES string of the molecule is CCCCCCCCCCOc1ccc2c(c1)CCc1nc(OCCCCC)ccc1-2. The Morgan fingerprint density at radius 1 is 0.677 bits per heavy atom. The fourth-order valence-electron chi connectivity index (χ4n) is 4.33. The second kappa shape index (κ2) is 13.4. The minimum absolute atomic E-state index is 0.760. The normalized spacial score (nSPS) is 12.3. The van der Waals surface area contributed by atoms with E-state index in [0.717, 1.165) is 56.2 Å². The van der Waals surface area contributed by atoms with Crippen LogP contribution < -0.4 is 9.47 Å². The lowest BCUT2D eigenvalue weighted by atomic mass is 9.88. The molecular formula is C28H41NO2. The Morgan fingerprint density at radius 3 is 2.13 bits per heavy atom. The van der Waals surface area contributed by atoms with Gasteiger partial charge in [0.25, 0.3) is 0 Å². The van der Waals surface area contributed by atoms with Crippen LogP contribution in [0, 0.1) is 0 Å². The Morgan fingerprint density at radius 2 is 1.32 bits per heavy atom. The predicted molar refractivity (Wildman–Crippen MR) is 130 cm³/mol. The molecule has 0 saturated heterocycles. The summed E-state index contributed by atoms with van der Waals surface area (Å²) in [7, 11) is 0. The van der Waals surface area contributed by atoms with E-state index in [9.17, 15) is 0 Å². The van der Waals surface area contributed by atoms with E-state index in [2.05, 4.69) is 38.1 Å². The van der Waals surface area contributed by atoms with Crippen LogP contribution in [0.15, 0.2) is 30.3 Å². The highest BCUT2D eigenvalue weighted by Gasteiger charge is 2.18. The molecule has 0 radical (unpaired) electrons. The van der Waals surface area contributed by atoms with Gasteiger partial charge >= 0.3 is 0 Å². The highest BCUT2D eigenvalue weighted by Crippen LogP contribution is 2.35. The average molecular weight is 424 g/mol. The maximum Gasteiger partial charge on any atom is 0.213 e. The van der Waals surface area contributed by atoms with Crippen molar-refractivity contribution >= 4 is 0 Å². The molecule has 0 bridgehead atoms. The molecule has 1 heterocycles. The Labute approximate surface area is 189 Å². The fraction of sp³-hybridized carbons (Fsp3) is 0.607. The third-order valence-electron chi connectivity index (χ3n) is 6.21. The van der Waals surface area contributed by atoms with Crippen LogP contribution in [0.25, 0.3) is 11.1 Å². The Kier molecular flexibility index (Phi) is 10.2. The molecule has 1 aromatic heterocycles. The van der Waals surface area contributed by atoms with Crippen molar-refractivity contribution in [2.75, 3.05) is 13.2 Å². The Balaban J connectivity index is 1.45. The van der Waals surface area contributed by atoms with Crippen molar-refractivity contribution in [1.82, 2.24) is 4.98 Å². The van der Waals surface area contributed by atoms with E-state index in [-0.39, 0.29) is 0 Å². The van der Waals surface area contributed by atoms with Crippen molar-refractivity contribution in [1.29, 1.82) is 0 Å². The Hall–Kier alpha value is -2.03. The molecule has 31 heavy (non-hydrogen) atoms. The number of benzene rings is 1. The third-order valence-corrected chi connectivity index (χ3v) is 6.21. The van der Waals surface area contributed by atoms with Gasteiger partial charge in [0.15, 0.2) is 0 Å². The zero-order chi connectivity index (χ0) is 21.7. The van der Waals surface area contributed by atoms with Crippen LogP contribution in [-0.2, 0) is 12.8 Å². The first-order valence-electron chi connectivity index (χ1n) is 12.7. The Bertz CT molecular complexity index is 787. The number of pyridine rings is 1. The molecule has 1 aromatic carbocycles. The standard InChI is InChI=1S/C28H41NO2/c1-3-5-7-8-9-10-11-13-20-30-24-15-16-25-23(22-24)14-18-27-26(25)17-19-28(29-27)31-21-12-6-4-2/h15-17,19,22H,3-14,18,20-21H2,1-2H3. The van der Waals surface area contributed by atoms with E-state index in [4.69, 9.17) is 14.5 Å². The minimum Gasteiger partial charge on any atom is -0.494 e. The van der Waals surface area contributed by atoms with Gasteiger partial charge < -0.3 is 9.47 Å². The second-order valence-electron chi connectivity index (χ2n) is 8.84. The maximum atomic E-state index is 6.05. The molecule has 0 aliphatic heterocycles. The summed E-state index contributed by atoms with van der Waals surface area (Å²) in [6, 6.07) is 10.8. The van der Waals surface area contributed by atoms with Gasteiger partial charge in [-0.1, -0.05) is 77.7 Å². The van der Waals surface area contributed by atoms with E-state index in [1.807, 2.05) is 6.07 Å². The third kappa shape index (κ3) is 7.55. The number of aromatic nitrogens is 1. The second-order valence-corrected chi connectivity index (χ2v) is 8.84.